The average molecular weight is 818 g/mol. The van der Waals surface area contributed by atoms with Gasteiger partial charge >= 0.3 is 6.09 Å². The second-order valence-corrected chi connectivity index (χ2v) is 14.6. The van der Waals surface area contributed by atoms with Crippen LogP contribution in [0.2, 0.25) is 0 Å². The molecular weight excluding hydrogens is 759 g/mol. The predicted molar refractivity (Wildman–Crippen MR) is 235 cm³/mol. The molecule has 2 fully saturated rings. The summed E-state index contributed by atoms with van der Waals surface area (Å²) in [6.07, 6.45) is 6.54. The fourth-order valence-corrected chi connectivity index (χ4v) is 7.24. The largest absolute Gasteiger partial charge is 0.453 e. The van der Waals surface area contributed by atoms with E-state index >= 15 is 0 Å². The summed E-state index contributed by atoms with van der Waals surface area (Å²) >= 11 is 0. The van der Waals surface area contributed by atoms with Gasteiger partial charge in [-0.3, -0.25) is 9.59 Å². The van der Waals surface area contributed by atoms with Crippen LogP contribution >= 0.6 is 54.0 Å². The molecule has 298 valence electrons. The highest BCUT2D eigenvalue weighted by Gasteiger charge is 2.38. The van der Waals surface area contributed by atoms with Crippen LogP contribution in [0.3, 0.4) is 0 Å². The summed E-state index contributed by atoms with van der Waals surface area (Å²) in [5, 5.41) is 2.70. The van der Waals surface area contributed by atoms with Crippen LogP contribution in [0, 0.1) is 17.8 Å². The number of H-pyrrole nitrogens is 2. The van der Waals surface area contributed by atoms with Crippen LogP contribution < -0.4 is 5.32 Å². The Morgan fingerprint density at radius 3 is 2.02 bits per heavy atom. The number of ether oxygens (including phenoxy) is 1. The first-order valence-corrected chi connectivity index (χ1v) is 18.1. The Bertz CT molecular complexity index is 1830. The number of nitrogens with one attached hydrogen (secondary N) is 3. The van der Waals surface area contributed by atoms with E-state index in [-0.39, 0.29) is 89.7 Å². The number of carbonyl (C=O) groups excluding carboxylic acids is 3. The molecule has 2 aromatic carbocycles. The minimum Gasteiger partial charge on any atom is -0.453 e. The van der Waals surface area contributed by atoms with Gasteiger partial charge in [0, 0.05) is 30.9 Å². The van der Waals surface area contributed by atoms with Gasteiger partial charge in [-0.05, 0) is 79.2 Å². The molecule has 15 heteroatoms. The number of aromatic nitrogens is 4. The molecule has 4 heterocycles. The quantitative estimate of drug-likeness (QED) is 0.147. The molecule has 0 unspecified atom stereocenters. The van der Waals surface area contributed by atoms with E-state index in [9.17, 15) is 14.4 Å². The zero-order chi connectivity index (χ0) is 35.5. The number of rotatable bonds is 11. The number of methoxy groups -OCH3 is 1. The molecule has 11 nitrogen and oxygen atoms in total. The minimum atomic E-state index is -0.655. The monoisotopic (exact) mass is 817 g/mol. The Balaban J connectivity index is 0.00000252. The van der Waals surface area contributed by atoms with Crippen LogP contribution in [0.25, 0.3) is 22.2 Å². The summed E-state index contributed by atoms with van der Waals surface area (Å²) < 4.78 is 4.75. The number of hydrogen-bond acceptors (Lipinski definition) is 6. The number of likely N-dealkylation sites (tertiary alicyclic amines) is 2. The van der Waals surface area contributed by atoms with Crippen molar-refractivity contribution in [2.45, 2.75) is 91.3 Å². The van der Waals surface area contributed by atoms with Crippen LogP contribution in [0.4, 0.5) is 4.79 Å². The normalized spacial score (nSPS) is 17.6. The van der Waals surface area contributed by atoms with Gasteiger partial charge in [0.1, 0.15) is 17.7 Å². The van der Waals surface area contributed by atoms with E-state index in [4.69, 9.17) is 9.72 Å². The first kappa shape index (κ1) is 46.9. The van der Waals surface area contributed by atoms with Crippen LogP contribution in [-0.4, -0.2) is 73.9 Å². The van der Waals surface area contributed by atoms with E-state index in [1.807, 2.05) is 36.8 Å². The molecule has 0 saturated carbocycles. The van der Waals surface area contributed by atoms with Crippen molar-refractivity contribution in [1.29, 1.82) is 0 Å². The molecule has 2 aliphatic rings. The van der Waals surface area contributed by atoms with Crippen LogP contribution in [0.15, 0.2) is 48.7 Å². The van der Waals surface area contributed by atoms with Gasteiger partial charge in [-0.1, -0.05) is 65.0 Å². The van der Waals surface area contributed by atoms with Crippen molar-refractivity contribution in [3.05, 3.63) is 71.6 Å². The molecule has 2 aliphatic heterocycles. The van der Waals surface area contributed by atoms with Crippen molar-refractivity contribution in [3.8, 4) is 11.1 Å². The SMILES string of the molecule is COC(=O)N[C@H](C(=O)N1CCC[C@H]1c1ncc(CCc2ccc(-c3ccc4nc([C@@H]5CCCN5C(=O)[C@@H](C)C(C)C)[nH]c4c3)cc2)[nH]1)C(C)C.S.S.S.S. The number of carbonyl (C=O) groups is 3. The van der Waals surface area contributed by atoms with Gasteiger partial charge in [0.05, 0.1) is 30.2 Å². The van der Waals surface area contributed by atoms with Gasteiger partial charge in [-0.25, -0.2) is 14.8 Å². The lowest BCUT2D eigenvalue weighted by atomic mass is 9.96. The summed E-state index contributed by atoms with van der Waals surface area (Å²) in [6, 6.07) is 14.2. The topological polar surface area (TPSA) is 136 Å². The summed E-state index contributed by atoms with van der Waals surface area (Å²) in [4.78, 5) is 59.0. The van der Waals surface area contributed by atoms with E-state index in [0.717, 1.165) is 84.6 Å². The Kier molecular flexibility index (Phi) is 17.9. The van der Waals surface area contributed by atoms with E-state index in [2.05, 4.69) is 76.6 Å². The third kappa shape index (κ3) is 10.3. The maximum atomic E-state index is 13.5. The van der Waals surface area contributed by atoms with Crippen molar-refractivity contribution in [2.24, 2.45) is 17.8 Å². The molecule has 4 atom stereocenters. The molecule has 3 amide bonds. The number of nitrogens with zero attached hydrogens (tertiary/aromatic N) is 4. The highest BCUT2D eigenvalue weighted by Crippen LogP contribution is 2.35. The van der Waals surface area contributed by atoms with Crippen molar-refractivity contribution in [3.63, 3.8) is 0 Å². The Morgan fingerprint density at radius 1 is 0.796 bits per heavy atom. The average Bonchev–Trinajstić information content (AvgIpc) is 3.94. The first-order chi connectivity index (χ1) is 24.0. The number of aromatic amines is 2. The molecule has 6 rings (SSSR count). The van der Waals surface area contributed by atoms with E-state index in [0.29, 0.717) is 12.5 Å². The standard InChI is InChI=1S/C39H51N7O4.4H2S/c1-23(2)25(5)37(47)45-19-8-10-33(45)36-42-30-18-16-28(21-31(30)43-36)27-14-11-26(12-15-27)13-17-29-22-40-35(41-29)32-9-7-20-46(32)38(48)34(24(3)4)44-39(49)50-6;;;;/h11-12,14-16,18,21-25,32-34H,7-10,13,17,19-20H2,1-6H3,(H,40,41)(H,42,43)(H,44,49);4*1H2/t25-,32-,33-,34-;;;;/m0..../s1. The number of hydrogen-bond donors (Lipinski definition) is 3. The van der Waals surface area contributed by atoms with Crippen LogP contribution in [-0.2, 0) is 27.2 Å². The van der Waals surface area contributed by atoms with Gasteiger partial charge in [-0.15, -0.1) is 0 Å². The zero-order valence-corrected chi connectivity index (χ0v) is 36.2. The predicted octanol–water partition coefficient (Wildman–Crippen LogP) is 7.19. The highest BCUT2D eigenvalue weighted by molar-refractivity contribution is 7.59. The third-order valence-electron chi connectivity index (χ3n) is 10.6. The van der Waals surface area contributed by atoms with Gasteiger partial charge in [0.25, 0.3) is 0 Å². The molecular formula is C39H59N7O4S4. The maximum Gasteiger partial charge on any atom is 0.407 e. The van der Waals surface area contributed by atoms with Crippen LogP contribution in [0.5, 0.6) is 0 Å². The van der Waals surface area contributed by atoms with Crippen molar-refractivity contribution in [1.82, 2.24) is 35.1 Å². The molecule has 0 aliphatic carbocycles. The lowest BCUT2D eigenvalue weighted by Crippen LogP contribution is -2.51. The Hall–Kier alpha value is -3.27. The molecule has 0 radical (unpaired) electrons. The summed E-state index contributed by atoms with van der Waals surface area (Å²) in [5.74, 6) is 1.99. The number of fused-ring (bicyclic) bond motifs is 1. The van der Waals surface area contributed by atoms with Crippen molar-refractivity contribution >= 4 is 82.9 Å². The number of amides is 3. The van der Waals surface area contributed by atoms with Gasteiger partial charge in [0.15, 0.2) is 0 Å². The smallest absolute Gasteiger partial charge is 0.407 e. The van der Waals surface area contributed by atoms with Gasteiger partial charge < -0.3 is 29.8 Å². The van der Waals surface area contributed by atoms with Gasteiger partial charge in [-0.2, -0.15) is 54.0 Å². The van der Waals surface area contributed by atoms with Gasteiger partial charge in [0.2, 0.25) is 11.8 Å². The summed E-state index contributed by atoms with van der Waals surface area (Å²) in [5.41, 5.74) is 6.39. The number of alkyl carbamates (subject to hydrolysis) is 1. The molecule has 2 aromatic heterocycles. The fourth-order valence-electron chi connectivity index (χ4n) is 7.24. The van der Waals surface area contributed by atoms with Crippen molar-refractivity contribution in [2.75, 3.05) is 20.2 Å². The number of aryl methyl sites for hydroxylation is 2. The first-order valence-electron chi connectivity index (χ1n) is 18.1. The van der Waals surface area contributed by atoms with Crippen molar-refractivity contribution < 1.29 is 19.1 Å². The molecule has 54 heavy (non-hydrogen) atoms. The summed E-state index contributed by atoms with van der Waals surface area (Å²) in [7, 11) is 1.30. The fraction of sp³-hybridized carbons (Fsp3) is 0.513. The number of benzene rings is 2. The third-order valence-corrected chi connectivity index (χ3v) is 10.6. The molecule has 3 N–H and O–H groups in total. The number of imidazole rings is 2. The van der Waals surface area contributed by atoms with E-state index in [1.54, 1.807) is 0 Å². The molecule has 4 aromatic rings. The zero-order valence-electron chi connectivity index (χ0n) is 32.2. The maximum absolute atomic E-state index is 13.5. The van der Waals surface area contributed by atoms with Crippen LogP contribution in [0.1, 0.15) is 95.3 Å². The Morgan fingerprint density at radius 2 is 1.41 bits per heavy atom. The lowest BCUT2D eigenvalue weighted by Gasteiger charge is -2.30. The van der Waals surface area contributed by atoms with E-state index in [1.165, 1.54) is 12.7 Å². The lowest BCUT2D eigenvalue weighted by molar-refractivity contribution is -0.137. The molecule has 0 bridgehead atoms. The second kappa shape index (κ2) is 20.6. The highest BCUT2D eigenvalue weighted by atomic mass is 32.1. The molecule has 2 saturated heterocycles. The minimum absolute atomic E-state index is 0. The summed E-state index contributed by atoms with van der Waals surface area (Å²) in [6.45, 7) is 11.5. The second-order valence-electron chi connectivity index (χ2n) is 14.6. The van der Waals surface area contributed by atoms with E-state index < -0.39 is 12.1 Å². The Labute approximate surface area is 347 Å². The molecule has 0 spiro atoms.